The zero-order valence-electron chi connectivity index (χ0n) is 11.9. The second-order valence-corrected chi connectivity index (χ2v) is 5.97. The molecule has 2 rings (SSSR count). The van der Waals surface area contributed by atoms with Crippen molar-refractivity contribution in [3.63, 3.8) is 0 Å². The van der Waals surface area contributed by atoms with Gasteiger partial charge in [-0.1, -0.05) is 0 Å². The molecule has 0 amide bonds. The summed E-state index contributed by atoms with van der Waals surface area (Å²) in [6, 6.07) is 5.57. The van der Waals surface area contributed by atoms with Crippen molar-refractivity contribution in [1.82, 2.24) is 0 Å². The Morgan fingerprint density at radius 1 is 1.26 bits per heavy atom. The fraction of sp³-hybridized carbons (Fsp3) is 0.533. The van der Waals surface area contributed by atoms with Gasteiger partial charge in [0.15, 0.2) is 0 Å². The van der Waals surface area contributed by atoms with E-state index in [0.29, 0.717) is 11.3 Å². The zero-order valence-corrected chi connectivity index (χ0v) is 11.9. The van der Waals surface area contributed by atoms with Crippen LogP contribution < -0.4 is 10.6 Å². The van der Waals surface area contributed by atoms with Crippen LogP contribution in [-0.2, 0) is 4.74 Å². The normalized spacial score (nSPS) is 15.6. The van der Waals surface area contributed by atoms with E-state index in [4.69, 9.17) is 10.5 Å². The number of esters is 1. The number of hydrogen-bond donors (Lipinski definition) is 1. The minimum atomic E-state index is -0.503. The van der Waals surface area contributed by atoms with E-state index < -0.39 is 5.60 Å². The van der Waals surface area contributed by atoms with Gasteiger partial charge in [0, 0.05) is 24.5 Å². The molecule has 1 aliphatic heterocycles. The Bertz CT molecular complexity index is 472. The van der Waals surface area contributed by atoms with Crippen molar-refractivity contribution in [3.05, 3.63) is 23.8 Å². The number of ether oxygens (including phenoxy) is 1. The van der Waals surface area contributed by atoms with Gasteiger partial charge in [0.1, 0.15) is 5.60 Å². The highest BCUT2D eigenvalue weighted by molar-refractivity contribution is 5.96. The van der Waals surface area contributed by atoms with E-state index in [1.54, 1.807) is 6.07 Å². The van der Waals surface area contributed by atoms with Gasteiger partial charge in [0.05, 0.1) is 5.56 Å². The molecule has 1 aliphatic rings. The fourth-order valence-corrected chi connectivity index (χ4v) is 2.24. The second-order valence-electron chi connectivity index (χ2n) is 5.97. The molecule has 2 N–H and O–H groups in total. The lowest BCUT2D eigenvalue weighted by Gasteiger charge is -2.21. The maximum atomic E-state index is 12.0. The number of carbonyl (C=O) groups excluding carboxylic acids is 1. The molecule has 0 bridgehead atoms. The number of nitrogen functional groups attached to an aromatic ring is 1. The van der Waals surface area contributed by atoms with Gasteiger partial charge in [-0.05, 0) is 51.8 Å². The monoisotopic (exact) mass is 262 g/mol. The van der Waals surface area contributed by atoms with Crippen molar-refractivity contribution in [2.45, 2.75) is 39.2 Å². The van der Waals surface area contributed by atoms with Crippen molar-refractivity contribution in [2.24, 2.45) is 0 Å². The molecule has 104 valence electrons. The predicted molar refractivity (Wildman–Crippen MR) is 77.5 cm³/mol. The third-order valence-electron chi connectivity index (χ3n) is 3.13. The summed E-state index contributed by atoms with van der Waals surface area (Å²) in [4.78, 5) is 14.3. The van der Waals surface area contributed by atoms with Gasteiger partial charge in [-0.2, -0.15) is 0 Å². The first kappa shape index (κ1) is 13.7. The van der Waals surface area contributed by atoms with E-state index in [0.717, 1.165) is 18.8 Å². The molecule has 0 saturated carbocycles. The number of nitrogens with zero attached hydrogens (tertiary/aromatic N) is 1. The lowest BCUT2D eigenvalue weighted by molar-refractivity contribution is 0.00708. The number of rotatable bonds is 2. The zero-order chi connectivity index (χ0) is 14.0. The largest absolute Gasteiger partial charge is 0.456 e. The Balaban J connectivity index is 2.17. The third kappa shape index (κ3) is 3.40. The molecule has 0 aliphatic carbocycles. The molecule has 19 heavy (non-hydrogen) atoms. The summed E-state index contributed by atoms with van der Waals surface area (Å²) in [5.74, 6) is -0.363. The Labute approximate surface area is 114 Å². The van der Waals surface area contributed by atoms with Crippen LogP contribution in [0.1, 0.15) is 44.0 Å². The standard InChI is InChI=1S/C15H22N2O2/c1-15(2,3)19-14(18)12-7-6-11(10-13(12)16)17-8-4-5-9-17/h6-7,10H,4-5,8-9,16H2,1-3H3. The van der Waals surface area contributed by atoms with Crippen LogP contribution in [0.2, 0.25) is 0 Å². The summed E-state index contributed by atoms with van der Waals surface area (Å²) >= 11 is 0. The number of hydrogen-bond acceptors (Lipinski definition) is 4. The number of benzene rings is 1. The van der Waals surface area contributed by atoms with E-state index in [1.807, 2.05) is 32.9 Å². The topological polar surface area (TPSA) is 55.6 Å². The average Bonchev–Trinajstić information content (AvgIpc) is 2.79. The summed E-state index contributed by atoms with van der Waals surface area (Å²) in [7, 11) is 0. The molecule has 1 saturated heterocycles. The van der Waals surface area contributed by atoms with Gasteiger partial charge in [-0.3, -0.25) is 0 Å². The molecule has 1 heterocycles. The molecule has 4 nitrogen and oxygen atoms in total. The van der Waals surface area contributed by atoms with E-state index >= 15 is 0 Å². The summed E-state index contributed by atoms with van der Waals surface area (Å²) in [6.45, 7) is 7.66. The quantitative estimate of drug-likeness (QED) is 0.657. The fourth-order valence-electron chi connectivity index (χ4n) is 2.24. The maximum absolute atomic E-state index is 12.0. The van der Waals surface area contributed by atoms with Gasteiger partial charge in [0.2, 0.25) is 0 Å². The maximum Gasteiger partial charge on any atom is 0.340 e. The Hall–Kier alpha value is -1.71. The molecule has 1 aromatic rings. The van der Waals surface area contributed by atoms with Gasteiger partial charge >= 0.3 is 5.97 Å². The first-order valence-electron chi connectivity index (χ1n) is 6.75. The first-order valence-corrected chi connectivity index (χ1v) is 6.75. The van der Waals surface area contributed by atoms with Gasteiger partial charge in [-0.25, -0.2) is 4.79 Å². The van der Waals surface area contributed by atoms with Crippen LogP contribution in [0.15, 0.2) is 18.2 Å². The number of carbonyl (C=O) groups is 1. The lowest BCUT2D eigenvalue weighted by atomic mass is 10.1. The molecule has 0 atom stereocenters. The minimum Gasteiger partial charge on any atom is -0.456 e. The highest BCUT2D eigenvalue weighted by atomic mass is 16.6. The van der Waals surface area contributed by atoms with Crippen LogP contribution in [-0.4, -0.2) is 24.7 Å². The average molecular weight is 262 g/mol. The van der Waals surface area contributed by atoms with Crippen molar-refractivity contribution < 1.29 is 9.53 Å². The minimum absolute atomic E-state index is 0.363. The molecular formula is C15H22N2O2. The van der Waals surface area contributed by atoms with Crippen LogP contribution in [0, 0.1) is 0 Å². The van der Waals surface area contributed by atoms with Crippen molar-refractivity contribution >= 4 is 17.3 Å². The molecule has 0 spiro atoms. The molecule has 1 fully saturated rings. The van der Waals surface area contributed by atoms with Gasteiger partial charge in [-0.15, -0.1) is 0 Å². The first-order chi connectivity index (χ1) is 8.87. The summed E-state index contributed by atoms with van der Waals surface area (Å²) < 4.78 is 5.34. The van der Waals surface area contributed by atoms with Crippen LogP contribution in [0.5, 0.6) is 0 Å². The van der Waals surface area contributed by atoms with Crippen molar-refractivity contribution in [2.75, 3.05) is 23.7 Å². The summed E-state index contributed by atoms with van der Waals surface area (Å²) in [5, 5.41) is 0. The third-order valence-corrected chi connectivity index (χ3v) is 3.13. The Kier molecular flexibility index (Phi) is 3.69. The molecule has 4 heteroatoms. The smallest absolute Gasteiger partial charge is 0.340 e. The lowest BCUT2D eigenvalue weighted by Crippen LogP contribution is -2.24. The van der Waals surface area contributed by atoms with Gasteiger partial charge in [0.25, 0.3) is 0 Å². The van der Waals surface area contributed by atoms with Crippen LogP contribution in [0.4, 0.5) is 11.4 Å². The van der Waals surface area contributed by atoms with E-state index in [-0.39, 0.29) is 5.97 Å². The van der Waals surface area contributed by atoms with Crippen LogP contribution >= 0.6 is 0 Å². The van der Waals surface area contributed by atoms with Crippen LogP contribution in [0.3, 0.4) is 0 Å². The number of anilines is 2. The van der Waals surface area contributed by atoms with Crippen molar-refractivity contribution in [3.8, 4) is 0 Å². The molecule has 0 aromatic heterocycles. The summed E-state index contributed by atoms with van der Waals surface area (Å²) in [5.41, 5.74) is 7.49. The van der Waals surface area contributed by atoms with Crippen LogP contribution in [0.25, 0.3) is 0 Å². The summed E-state index contributed by atoms with van der Waals surface area (Å²) in [6.07, 6.45) is 2.43. The highest BCUT2D eigenvalue weighted by Crippen LogP contribution is 2.26. The van der Waals surface area contributed by atoms with E-state index in [1.165, 1.54) is 12.8 Å². The molecule has 0 radical (unpaired) electrons. The predicted octanol–water partition coefficient (Wildman–Crippen LogP) is 2.82. The molecular weight excluding hydrogens is 240 g/mol. The van der Waals surface area contributed by atoms with Gasteiger partial charge < -0.3 is 15.4 Å². The second kappa shape index (κ2) is 5.11. The molecule has 1 aromatic carbocycles. The van der Waals surface area contributed by atoms with E-state index in [2.05, 4.69) is 4.90 Å². The Morgan fingerprint density at radius 2 is 1.89 bits per heavy atom. The number of nitrogens with two attached hydrogens (primary N) is 1. The SMILES string of the molecule is CC(C)(C)OC(=O)c1ccc(N2CCCC2)cc1N. The Morgan fingerprint density at radius 3 is 2.42 bits per heavy atom. The molecule has 0 unspecified atom stereocenters. The van der Waals surface area contributed by atoms with Crippen molar-refractivity contribution in [1.29, 1.82) is 0 Å². The highest BCUT2D eigenvalue weighted by Gasteiger charge is 2.21. The van der Waals surface area contributed by atoms with E-state index in [9.17, 15) is 4.79 Å².